The summed E-state index contributed by atoms with van der Waals surface area (Å²) in [4.78, 5) is 13.9. The molecule has 82 valence electrons. The molecule has 16 heavy (non-hydrogen) atoms. The van der Waals surface area contributed by atoms with Gasteiger partial charge in [0.1, 0.15) is 0 Å². The molecule has 0 fully saturated rings. The van der Waals surface area contributed by atoms with Crippen LogP contribution in [0.15, 0.2) is 23.1 Å². The molecular weight excluding hydrogens is 226 g/mol. The van der Waals surface area contributed by atoms with E-state index in [1.807, 2.05) is 12.1 Å². The number of hydrogen-bond donors (Lipinski definition) is 1. The number of hydrogen-bond acceptors (Lipinski definition) is 3. The first kappa shape index (κ1) is 9.59. The van der Waals surface area contributed by atoms with Crippen LogP contribution in [-0.2, 0) is 16.3 Å². The van der Waals surface area contributed by atoms with Gasteiger partial charge in [-0.3, -0.25) is 4.79 Å². The van der Waals surface area contributed by atoms with Crippen molar-refractivity contribution >= 4 is 27.0 Å². The summed E-state index contributed by atoms with van der Waals surface area (Å²) in [7, 11) is -3.17. The molecule has 0 saturated carbocycles. The van der Waals surface area contributed by atoms with E-state index in [0.717, 1.165) is 10.9 Å². The Morgan fingerprint density at radius 2 is 2.12 bits per heavy atom. The molecule has 1 aliphatic heterocycles. The van der Waals surface area contributed by atoms with Gasteiger partial charge in [-0.1, -0.05) is 12.1 Å². The number of fused-ring (bicyclic) bond motifs is 3. The lowest BCUT2D eigenvalue weighted by atomic mass is 10.1. The van der Waals surface area contributed by atoms with Crippen LogP contribution in [-0.4, -0.2) is 25.4 Å². The minimum Gasteiger partial charge on any atom is -0.351 e. The standard InChI is InChI=1S/C11H9NO3S/c13-6-9-5-8-2-1-7-3-4-16(14,15)11(7)10(8)12-9/h1-2,5-6,12H,3-4H2. The average molecular weight is 235 g/mol. The Balaban J connectivity index is 2.48. The minimum atomic E-state index is -3.17. The first-order valence-corrected chi connectivity index (χ1v) is 6.59. The Kier molecular flexibility index (Phi) is 1.77. The number of nitrogens with one attached hydrogen (secondary N) is 1. The molecule has 4 nitrogen and oxygen atoms in total. The number of aryl methyl sites for hydroxylation is 1. The summed E-state index contributed by atoms with van der Waals surface area (Å²) in [5, 5.41) is 0.770. The Labute approximate surface area is 92.2 Å². The Morgan fingerprint density at radius 1 is 1.31 bits per heavy atom. The van der Waals surface area contributed by atoms with E-state index in [1.165, 1.54) is 0 Å². The predicted octanol–water partition coefficient (Wildman–Crippen LogP) is 1.31. The van der Waals surface area contributed by atoms with Crippen LogP contribution in [0.1, 0.15) is 16.1 Å². The Hall–Kier alpha value is -1.62. The zero-order valence-electron chi connectivity index (χ0n) is 8.36. The van der Waals surface area contributed by atoms with E-state index in [0.29, 0.717) is 28.8 Å². The van der Waals surface area contributed by atoms with Gasteiger partial charge in [-0.2, -0.15) is 0 Å². The van der Waals surface area contributed by atoms with Gasteiger partial charge in [0, 0.05) is 5.39 Å². The molecule has 0 saturated heterocycles. The van der Waals surface area contributed by atoms with Crippen molar-refractivity contribution in [3.8, 4) is 0 Å². The maximum Gasteiger partial charge on any atom is 0.181 e. The van der Waals surface area contributed by atoms with Gasteiger partial charge in [-0.25, -0.2) is 8.42 Å². The number of carbonyl (C=O) groups excluding carboxylic acids is 1. The highest BCUT2D eigenvalue weighted by molar-refractivity contribution is 7.92. The second kappa shape index (κ2) is 2.95. The van der Waals surface area contributed by atoms with Crippen molar-refractivity contribution in [1.82, 2.24) is 4.98 Å². The van der Waals surface area contributed by atoms with Gasteiger partial charge >= 0.3 is 0 Å². The number of aromatic amines is 1. The number of benzene rings is 1. The number of aldehydes is 1. The molecular formula is C11H9NO3S. The molecule has 0 unspecified atom stereocenters. The second-order valence-corrected chi connectivity index (χ2v) is 5.98. The summed E-state index contributed by atoms with van der Waals surface area (Å²) in [6.45, 7) is 0. The molecule has 1 aromatic heterocycles. The smallest absolute Gasteiger partial charge is 0.181 e. The number of carbonyl (C=O) groups is 1. The Bertz CT molecular complexity index is 697. The Morgan fingerprint density at radius 3 is 2.88 bits per heavy atom. The lowest BCUT2D eigenvalue weighted by Gasteiger charge is -1.99. The molecule has 0 bridgehead atoms. The SMILES string of the molecule is O=Cc1cc2ccc3c(c2[nH]1)S(=O)(=O)CC3. The number of aromatic nitrogens is 1. The first-order chi connectivity index (χ1) is 7.62. The van der Waals surface area contributed by atoms with Crippen LogP contribution in [0.3, 0.4) is 0 Å². The number of sulfone groups is 1. The summed E-state index contributed by atoms with van der Waals surface area (Å²) in [6, 6.07) is 5.33. The van der Waals surface area contributed by atoms with E-state index in [2.05, 4.69) is 4.98 Å². The van der Waals surface area contributed by atoms with Gasteiger partial charge in [0.2, 0.25) is 0 Å². The molecule has 2 heterocycles. The average Bonchev–Trinajstić information content (AvgIpc) is 2.78. The molecule has 2 aromatic rings. The fraction of sp³-hybridized carbons (Fsp3) is 0.182. The highest BCUT2D eigenvalue weighted by atomic mass is 32.2. The number of H-pyrrole nitrogens is 1. The third kappa shape index (κ3) is 1.15. The van der Waals surface area contributed by atoms with Gasteiger partial charge in [-0.05, 0) is 18.1 Å². The monoisotopic (exact) mass is 235 g/mol. The van der Waals surface area contributed by atoms with Gasteiger partial charge in [0.25, 0.3) is 0 Å². The summed E-state index contributed by atoms with van der Waals surface area (Å²) < 4.78 is 23.7. The van der Waals surface area contributed by atoms with Crippen LogP contribution in [0.2, 0.25) is 0 Å². The van der Waals surface area contributed by atoms with Gasteiger partial charge in [-0.15, -0.1) is 0 Å². The molecule has 1 aliphatic rings. The van der Waals surface area contributed by atoms with Crippen molar-refractivity contribution in [2.75, 3.05) is 5.75 Å². The molecule has 0 spiro atoms. The van der Waals surface area contributed by atoms with E-state index >= 15 is 0 Å². The maximum absolute atomic E-state index is 11.9. The zero-order valence-corrected chi connectivity index (χ0v) is 9.17. The van der Waals surface area contributed by atoms with Crippen molar-refractivity contribution in [2.24, 2.45) is 0 Å². The van der Waals surface area contributed by atoms with Crippen LogP contribution >= 0.6 is 0 Å². The van der Waals surface area contributed by atoms with E-state index in [1.54, 1.807) is 6.07 Å². The highest BCUT2D eigenvalue weighted by Crippen LogP contribution is 2.32. The maximum atomic E-state index is 11.9. The van der Waals surface area contributed by atoms with E-state index in [4.69, 9.17) is 0 Å². The molecule has 1 aromatic carbocycles. The first-order valence-electron chi connectivity index (χ1n) is 4.94. The van der Waals surface area contributed by atoms with Crippen molar-refractivity contribution < 1.29 is 13.2 Å². The largest absolute Gasteiger partial charge is 0.351 e. The van der Waals surface area contributed by atoms with Crippen LogP contribution in [0.4, 0.5) is 0 Å². The van der Waals surface area contributed by atoms with Crippen LogP contribution in [0.25, 0.3) is 10.9 Å². The molecule has 0 radical (unpaired) electrons. The van der Waals surface area contributed by atoms with Gasteiger partial charge in [0.15, 0.2) is 16.1 Å². The predicted molar refractivity (Wildman–Crippen MR) is 59.4 cm³/mol. The molecule has 3 rings (SSSR count). The summed E-state index contributed by atoms with van der Waals surface area (Å²) in [5.41, 5.74) is 1.81. The third-order valence-electron chi connectivity index (χ3n) is 2.93. The molecule has 1 N–H and O–H groups in total. The molecule has 0 atom stereocenters. The fourth-order valence-electron chi connectivity index (χ4n) is 2.20. The van der Waals surface area contributed by atoms with Crippen LogP contribution in [0.5, 0.6) is 0 Å². The van der Waals surface area contributed by atoms with Crippen LogP contribution < -0.4 is 0 Å². The molecule has 5 heteroatoms. The molecule has 0 amide bonds. The summed E-state index contributed by atoms with van der Waals surface area (Å²) in [6.07, 6.45) is 1.25. The normalized spacial score (nSPS) is 17.5. The van der Waals surface area contributed by atoms with Crippen molar-refractivity contribution in [1.29, 1.82) is 0 Å². The lowest BCUT2D eigenvalue weighted by molar-refractivity contribution is 0.111. The topological polar surface area (TPSA) is 67.0 Å². The summed E-state index contributed by atoms with van der Waals surface area (Å²) >= 11 is 0. The van der Waals surface area contributed by atoms with E-state index in [9.17, 15) is 13.2 Å². The zero-order chi connectivity index (χ0) is 11.3. The fourth-order valence-corrected chi connectivity index (χ4v) is 3.94. The lowest BCUT2D eigenvalue weighted by Crippen LogP contribution is -1.99. The second-order valence-electron chi connectivity index (χ2n) is 3.93. The van der Waals surface area contributed by atoms with Crippen LogP contribution in [0, 0.1) is 0 Å². The number of rotatable bonds is 1. The van der Waals surface area contributed by atoms with E-state index in [-0.39, 0.29) is 5.75 Å². The summed E-state index contributed by atoms with van der Waals surface area (Å²) in [5.74, 6) is 0.164. The molecule has 0 aliphatic carbocycles. The van der Waals surface area contributed by atoms with Gasteiger partial charge < -0.3 is 4.98 Å². The van der Waals surface area contributed by atoms with Crippen molar-refractivity contribution in [3.05, 3.63) is 29.5 Å². The van der Waals surface area contributed by atoms with Crippen molar-refractivity contribution in [3.63, 3.8) is 0 Å². The minimum absolute atomic E-state index is 0.164. The van der Waals surface area contributed by atoms with Crippen molar-refractivity contribution in [2.45, 2.75) is 11.3 Å². The quantitative estimate of drug-likeness (QED) is 0.758. The van der Waals surface area contributed by atoms with Gasteiger partial charge in [0.05, 0.1) is 21.9 Å². The highest BCUT2D eigenvalue weighted by Gasteiger charge is 2.29. The van der Waals surface area contributed by atoms with E-state index < -0.39 is 9.84 Å². The third-order valence-corrected chi connectivity index (χ3v) is 4.76.